The van der Waals surface area contributed by atoms with E-state index in [0.29, 0.717) is 0 Å². The number of benzene rings is 1. The van der Waals surface area contributed by atoms with Crippen molar-refractivity contribution in [2.75, 3.05) is 0 Å². The third kappa shape index (κ3) is 5.74. The minimum absolute atomic E-state index is 0.150. The van der Waals surface area contributed by atoms with E-state index in [9.17, 15) is 4.39 Å². The number of hydrogen-bond acceptors (Lipinski definition) is 0. The molecule has 0 aliphatic heterocycles. The first kappa shape index (κ1) is 13.2. The van der Waals surface area contributed by atoms with Gasteiger partial charge in [0.05, 0.1) is 0 Å². The Bertz CT molecular complexity index is 223. The molecule has 1 aromatic rings. The van der Waals surface area contributed by atoms with Crippen LogP contribution in [0.4, 0.5) is 4.39 Å². The molecule has 0 heterocycles. The topological polar surface area (TPSA) is 0 Å². The molecule has 0 bridgehead atoms. The number of hydrogen-bond donors (Lipinski definition) is 0. The van der Waals surface area contributed by atoms with Gasteiger partial charge in [-0.05, 0) is 36.5 Å². The van der Waals surface area contributed by atoms with Crippen LogP contribution in [0, 0.1) is 11.7 Å². The Balaban J connectivity index is 0.000000791. The highest BCUT2D eigenvalue weighted by Gasteiger charge is 1.96. The van der Waals surface area contributed by atoms with Gasteiger partial charge in [0.15, 0.2) is 0 Å². The molecule has 0 spiro atoms. The van der Waals surface area contributed by atoms with Gasteiger partial charge in [0, 0.05) is 0 Å². The fraction of sp³-hybridized carbons (Fsp3) is 0.538. The predicted octanol–water partition coefficient (Wildman–Crippen LogP) is 4.44. The van der Waals surface area contributed by atoms with Crippen molar-refractivity contribution in [3.8, 4) is 0 Å². The Morgan fingerprint density at radius 3 is 2.00 bits per heavy atom. The number of rotatable bonds is 3. The molecule has 0 aliphatic carbocycles. The van der Waals surface area contributed by atoms with Crippen LogP contribution in [0.15, 0.2) is 24.3 Å². The summed E-state index contributed by atoms with van der Waals surface area (Å²) in [5, 5.41) is 0. The molecule has 0 fully saturated rings. The quantitative estimate of drug-likeness (QED) is 0.670. The summed E-state index contributed by atoms with van der Waals surface area (Å²) in [5.74, 6) is 0.568. The molecule has 0 N–H and O–H groups in total. The molecule has 14 heavy (non-hydrogen) atoms. The van der Waals surface area contributed by atoms with E-state index >= 15 is 0 Å². The average Bonchev–Trinajstić information content (AvgIpc) is 2.20. The standard InChI is InChI=1S/C11H15F.C2H6/c1-9(2)3-4-10-5-7-11(12)8-6-10;1-2/h5-9H,3-4H2,1-2H3;1-2H3. The van der Waals surface area contributed by atoms with E-state index in [0.717, 1.165) is 12.3 Å². The van der Waals surface area contributed by atoms with Crippen molar-refractivity contribution in [1.82, 2.24) is 0 Å². The molecule has 0 unspecified atom stereocenters. The van der Waals surface area contributed by atoms with E-state index in [1.807, 2.05) is 26.0 Å². The summed E-state index contributed by atoms with van der Waals surface area (Å²) in [6, 6.07) is 6.76. The van der Waals surface area contributed by atoms with E-state index in [1.54, 1.807) is 0 Å². The van der Waals surface area contributed by atoms with Crippen LogP contribution in [0.25, 0.3) is 0 Å². The molecule has 1 rings (SSSR count). The van der Waals surface area contributed by atoms with Gasteiger partial charge in [-0.15, -0.1) is 0 Å². The highest BCUT2D eigenvalue weighted by atomic mass is 19.1. The Labute approximate surface area is 87.2 Å². The Morgan fingerprint density at radius 2 is 1.57 bits per heavy atom. The molecule has 0 amide bonds. The summed E-state index contributed by atoms with van der Waals surface area (Å²) in [5.41, 5.74) is 1.23. The molecule has 1 heteroatoms. The fourth-order valence-electron chi connectivity index (χ4n) is 1.11. The first-order valence-electron chi connectivity index (χ1n) is 5.43. The maximum atomic E-state index is 12.5. The molecule has 0 nitrogen and oxygen atoms in total. The second kappa shape index (κ2) is 7.54. The third-order valence-corrected chi connectivity index (χ3v) is 1.92. The molecular formula is C13H21F. The summed E-state index contributed by atoms with van der Waals surface area (Å²) < 4.78 is 12.5. The van der Waals surface area contributed by atoms with Crippen molar-refractivity contribution in [2.24, 2.45) is 5.92 Å². The smallest absolute Gasteiger partial charge is 0.123 e. The highest BCUT2D eigenvalue weighted by molar-refractivity contribution is 5.15. The van der Waals surface area contributed by atoms with Gasteiger partial charge in [0.25, 0.3) is 0 Å². The summed E-state index contributed by atoms with van der Waals surface area (Å²) in [4.78, 5) is 0. The molecule has 0 saturated heterocycles. The van der Waals surface area contributed by atoms with Gasteiger partial charge < -0.3 is 0 Å². The van der Waals surface area contributed by atoms with Crippen LogP contribution in [-0.2, 0) is 6.42 Å². The van der Waals surface area contributed by atoms with E-state index in [2.05, 4.69) is 13.8 Å². The Hall–Kier alpha value is -0.850. The van der Waals surface area contributed by atoms with Crippen LogP contribution in [0.3, 0.4) is 0 Å². The Kier molecular flexibility index (Phi) is 7.09. The lowest BCUT2D eigenvalue weighted by Crippen LogP contribution is -1.91. The number of halogens is 1. The van der Waals surface area contributed by atoms with Gasteiger partial charge in [0.1, 0.15) is 5.82 Å². The van der Waals surface area contributed by atoms with Crippen molar-refractivity contribution < 1.29 is 4.39 Å². The molecular weight excluding hydrogens is 175 g/mol. The van der Waals surface area contributed by atoms with Gasteiger partial charge >= 0.3 is 0 Å². The molecule has 0 aromatic heterocycles. The monoisotopic (exact) mass is 196 g/mol. The average molecular weight is 196 g/mol. The van der Waals surface area contributed by atoms with Gasteiger partial charge in [-0.2, -0.15) is 0 Å². The summed E-state index contributed by atoms with van der Waals surface area (Å²) in [6.45, 7) is 8.40. The number of aryl methyl sites for hydroxylation is 1. The molecule has 1 aromatic carbocycles. The Morgan fingerprint density at radius 1 is 1.07 bits per heavy atom. The van der Waals surface area contributed by atoms with Gasteiger partial charge in [-0.25, -0.2) is 4.39 Å². The van der Waals surface area contributed by atoms with Crippen molar-refractivity contribution in [3.05, 3.63) is 35.6 Å². The van der Waals surface area contributed by atoms with Crippen molar-refractivity contribution in [1.29, 1.82) is 0 Å². The lowest BCUT2D eigenvalue weighted by Gasteiger charge is -2.03. The van der Waals surface area contributed by atoms with E-state index in [4.69, 9.17) is 0 Å². The lowest BCUT2D eigenvalue weighted by atomic mass is 10.0. The zero-order valence-corrected chi connectivity index (χ0v) is 9.68. The molecule has 0 radical (unpaired) electrons. The van der Waals surface area contributed by atoms with Gasteiger partial charge in [-0.1, -0.05) is 39.8 Å². The summed E-state index contributed by atoms with van der Waals surface area (Å²) >= 11 is 0. The largest absolute Gasteiger partial charge is 0.207 e. The normalized spacial score (nSPS) is 9.57. The zero-order valence-electron chi connectivity index (χ0n) is 9.68. The molecule has 0 atom stereocenters. The highest BCUT2D eigenvalue weighted by Crippen LogP contribution is 2.09. The summed E-state index contributed by atoms with van der Waals surface area (Å²) in [7, 11) is 0. The van der Waals surface area contributed by atoms with Gasteiger partial charge in [-0.3, -0.25) is 0 Å². The van der Waals surface area contributed by atoms with E-state index in [1.165, 1.54) is 24.1 Å². The second-order valence-corrected chi connectivity index (χ2v) is 3.56. The van der Waals surface area contributed by atoms with Crippen LogP contribution in [0.2, 0.25) is 0 Å². The van der Waals surface area contributed by atoms with Crippen LogP contribution < -0.4 is 0 Å². The van der Waals surface area contributed by atoms with Crippen molar-refractivity contribution >= 4 is 0 Å². The fourth-order valence-corrected chi connectivity index (χ4v) is 1.11. The van der Waals surface area contributed by atoms with E-state index < -0.39 is 0 Å². The first-order chi connectivity index (χ1) is 6.68. The van der Waals surface area contributed by atoms with E-state index in [-0.39, 0.29) is 5.82 Å². The first-order valence-corrected chi connectivity index (χ1v) is 5.43. The molecule has 80 valence electrons. The third-order valence-electron chi connectivity index (χ3n) is 1.92. The van der Waals surface area contributed by atoms with Crippen LogP contribution in [-0.4, -0.2) is 0 Å². The second-order valence-electron chi connectivity index (χ2n) is 3.56. The molecule has 0 saturated carbocycles. The summed E-state index contributed by atoms with van der Waals surface area (Å²) in [6.07, 6.45) is 2.23. The maximum Gasteiger partial charge on any atom is 0.123 e. The van der Waals surface area contributed by atoms with Crippen LogP contribution >= 0.6 is 0 Å². The maximum absolute atomic E-state index is 12.5. The molecule has 0 aliphatic rings. The minimum atomic E-state index is -0.150. The minimum Gasteiger partial charge on any atom is -0.207 e. The van der Waals surface area contributed by atoms with Crippen LogP contribution in [0.1, 0.15) is 39.7 Å². The zero-order chi connectivity index (χ0) is 11.0. The van der Waals surface area contributed by atoms with Gasteiger partial charge in [0.2, 0.25) is 0 Å². The SMILES string of the molecule is CC.CC(C)CCc1ccc(F)cc1. The predicted molar refractivity (Wildman–Crippen MR) is 60.9 cm³/mol. The van der Waals surface area contributed by atoms with Crippen LogP contribution in [0.5, 0.6) is 0 Å². The van der Waals surface area contributed by atoms with Crippen molar-refractivity contribution in [3.63, 3.8) is 0 Å². The lowest BCUT2D eigenvalue weighted by molar-refractivity contribution is 0.585. The van der Waals surface area contributed by atoms with Crippen molar-refractivity contribution in [2.45, 2.75) is 40.5 Å².